The predicted octanol–water partition coefficient (Wildman–Crippen LogP) is 2.82. The van der Waals surface area contributed by atoms with Gasteiger partial charge in [0.05, 0.1) is 7.11 Å². The van der Waals surface area contributed by atoms with Gasteiger partial charge in [0.25, 0.3) is 0 Å². The van der Waals surface area contributed by atoms with Gasteiger partial charge in [-0.3, -0.25) is 10.1 Å². The molecule has 1 heterocycles. The molecule has 0 radical (unpaired) electrons. The first-order valence-corrected chi connectivity index (χ1v) is 6.71. The van der Waals surface area contributed by atoms with Gasteiger partial charge in [-0.1, -0.05) is 19.9 Å². The second-order valence-electron chi connectivity index (χ2n) is 4.85. The maximum Gasteiger partial charge on any atom is 0.325 e. The van der Waals surface area contributed by atoms with E-state index in [1.165, 1.54) is 12.0 Å². The highest BCUT2D eigenvalue weighted by Gasteiger charge is 2.34. The largest absolute Gasteiger partial charge is 0.468 e. The molecule has 1 atom stereocenters. The zero-order chi connectivity index (χ0) is 12.9. The van der Waals surface area contributed by atoms with Gasteiger partial charge in [-0.2, -0.15) is 0 Å². The normalized spacial score (nSPS) is 14.6. The maximum absolute atomic E-state index is 11.8. The minimum absolute atomic E-state index is 0.192. The molecule has 0 fully saturated rings. The van der Waals surface area contributed by atoms with E-state index in [-0.39, 0.29) is 5.97 Å². The fourth-order valence-electron chi connectivity index (χ4n) is 1.96. The molecule has 0 spiro atoms. The molecule has 0 aliphatic carbocycles. The minimum atomic E-state index is -0.604. The highest BCUT2D eigenvalue weighted by atomic mass is 32.1. The molecule has 3 nitrogen and oxygen atoms in total. The first-order chi connectivity index (χ1) is 7.98. The number of carbonyl (C=O) groups excluding carboxylic acids is 1. The van der Waals surface area contributed by atoms with Crippen molar-refractivity contribution in [3.63, 3.8) is 0 Å². The average molecular weight is 255 g/mol. The van der Waals surface area contributed by atoms with E-state index in [2.05, 4.69) is 25.2 Å². The van der Waals surface area contributed by atoms with Crippen molar-refractivity contribution < 1.29 is 9.53 Å². The van der Waals surface area contributed by atoms with E-state index in [9.17, 15) is 4.79 Å². The van der Waals surface area contributed by atoms with Crippen LogP contribution in [0.4, 0.5) is 0 Å². The number of esters is 1. The SMILES string of the molecule is COC(=O)C(C)(CC(C)C)NCc1cccs1. The van der Waals surface area contributed by atoms with Crippen LogP contribution in [0, 0.1) is 5.92 Å². The number of hydrogen-bond acceptors (Lipinski definition) is 4. The molecule has 0 aliphatic heterocycles. The van der Waals surface area contributed by atoms with Gasteiger partial charge in [0.15, 0.2) is 0 Å². The molecule has 17 heavy (non-hydrogen) atoms. The average Bonchev–Trinajstić information content (AvgIpc) is 2.77. The molecule has 1 N–H and O–H groups in total. The fraction of sp³-hybridized carbons (Fsp3) is 0.615. The van der Waals surface area contributed by atoms with Gasteiger partial charge in [0, 0.05) is 11.4 Å². The van der Waals surface area contributed by atoms with Crippen molar-refractivity contribution in [1.82, 2.24) is 5.32 Å². The number of thiophene rings is 1. The van der Waals surface area contributed by atoms with Crippen molar-refractivity contribution in [3.8, 4) is 0 Å². The van der Waals surface area contributed by atoms with E-state index in [1.54, 1.807) is 11.3 Å². The standard InChI is InChI=1S/C13H21NO2S/c1-10(2)8-13(3,12(15)16-4)14-9-11-6-5-7-17-11/h5-7,10,14H,8-9H2,1-4H3. The van der Waals surface area contributed by atoms with Gasteiger partial charge < -0.3 is 4.74 Å². The summed E-state index contributed by atoms with van der Waals surface area (Å²) in [6, 6.07) is 4.07. The van der Waals surface area contributed by atoms with E-state index in [4.69, 9.17) is 4.74 Å². The van der Waals surface area contributed by atoms with Gasteiger partial charge in [-0.25, -0.2) is 0 Å². The van der Waals surface area contributed by atoms with Gasteiger partial charge in [0.1, 0.15) is 5.54 Å². The topological polar surface area (TPSA) is 38.3 Å². The molecule has 0 bridgehead atoms. The van der Waals surface area contributed by atoms with E-state index in [1.807, 2.05) is 18.4 Å². The quantitative estimate of drug-likeness (QED) is 0.794. The molecule has 1 unspecified atom stereocenters. The number of nitrogens with one attached hydrogen (secondary N) is 1. The molecule has 0 saturated heterocycles. The highest BCUT2D eigenvalue weighted by molar-refractivity contribution is 7.09. The first kappa shape index (κ1) is 14.2. The van der Waals surface area contributed by atoms with Crippen molar-refractivity contribution in [2.24, 2.45) is 5.92 Å². The fourth-order valence-corrected chi connectivity index (χ4v) is 2.61. The monoisotopic (exact) mass is 255 g/mol. The van der Waals surface area contributed by atoms with Crippen LogP contribution >= 0.6 is 11.3 Å². The summed E-state index contributed by atoms with van der Waals surface area (Å²) in [7, 11) is 1.44. The molecule has 1 aromatic rings. The van der Waals surface area contributed by atoms with Gasteiger partial charge in [0.2, 0.25) is 0 Å². The molecule has 0 saturated carbocycles. The lowest BCUT2D eigenvalue weighted by Gasteiger charge is -2.29. The second kappa shape index (κ2) is 6.17. The molecule has 1 rings (SSSR count). The van der Waals surface area contributed by atoms with Crippen LogP contribution in [0.2, 0.25) is 0 Å². The van der Waals surface area contributed by atoms with E-state index in [0.29, 0.717) is 12.5 Å². The van der Waals surface area contributed by atoms with E-state index in [0.717, 1.165) is 6.42 Å². The minimum Gasteiger partial charge on any atom is -0.468 e. The molecule has 4 heteroatoms. The van der Waals surface area contributed by atoms with Crippen LogP contribution in [0.15, 0.2) is 17.5 Å². The number of ether oxygens (including phenoxy) is 1. The Hall–Kier alpha value is -0.870. The van der Waals surface area contributed by atoms with Crippen LogP contribution in [0.25, 0.3) is 0 Å². The van der Waals surface area contributed by atoms with E-state index >= 15 is 0 Å². The van der Waals surface area contributed by atoms with Crippen LogP contribution in [0.3, 0.4) is 0 Å². The Labute approximate surface area is 107 Å². The summed E-state index contributed by atoms with van der Waals surface area (Å²) in [5.41, 5.74) is -0.604. The van der Waals surface area contributed by atoms with Crippen molar-refractivity contribution in [3.05, 3.63) is 22.4 Å². The molecule has 1 aromatic heterocycles. The Kier molecular flexibility index (Phi) is 5.15. The van der Waals surface area contributed by atoms with Crippen molar-refractivity contribution >= 4 is 17.3 Å². The van der Waals surface area contributed by atoms with Crippen LogP contribution in [-0.4, -0.2) is 18.6 Å². The molecular weight excluding hydrogens is 234 g/mol. The molecule has 0 aliphatic rings. The zero-order valence-electron chi connectivity index (χ0n) is 10.9. The molecule has 0 amide bonds. The summed E-state index contributed by atoms with van der Waals surface area (Å²) < 4.78 is 4.89. The highest BCUT2D eigenvalue weighted by Crippen LogP contribution is 2.20. The lowest BCUT2D eigenvalue weighted by Crippen LogP contribution is -2.50. The van der Waals surface area contributed by atoms with Gasteiger partial charge >= 0.3 is 5.97 Å². The molecular formula is C13H21NO2S. The van der Waals surface area contributed by atoms with Crippen LogP contribution in [0.5, 0.6) is 0 Å². The Bertz CT molecular complexity index is 348. The molecule has 0 aromatic carbocycles. The van der Waals surface area contributed by atoms with Crippen molar-refractivity contribution in [2.75, 3.05) is 7.11 Å². The summed E-state index contributed by atoms with van der Waals surface area (Å²) in [6.45, 7) is 6.82. The number of rotatable bonds is 6. The lowest BCUT2D eigenvalue weighted by atomic mass is 9.90. The number of methoxy groups -OCH3 is 1. The summed E-state index contributed by atoms with van der Waals surface area (Å²) in [4.78, 5) is 13.1. The smallest absolute Gasteiger partial charge is 0.325 e. The van der Waals surface area contributed by atoms with Gasteiger partial charge in [-0.05, 0) is 30.7 Å². The third kappa shape index (κ3) is 4.13. The van der Waals surface area contributed by atoms with Crippen LogP contribution < -0.4 is 5.32 Å². The summed E-state index contributed by atoms with van der Waals surface area (Å²) >= 11 is 1.69. The Morgan fingerprint density at radius 3 is 2.76 bits per heavy atom. The zero-order valence-corrected chi connectivity index (χ0v) is 11.8. The first-order valence-electron chi connectivity index (χ1n) is 5.84. The van der Waals surface area contributed by atoms with Gasteiger partial charge in [-0.15, -0.1) is 11.3 Å². The molecule has 96 valence electrons. The third-order valence-electron chi connectivity index (χ3n) is 2.69. The third-order valence-corrected chi connectivity index (χ3v) is 3.56. The van der Waals surface area contributed by atoms with E-state index < -0.39 is 5.54 Å². The Balaban J connectivity index is 2.66. The van der Waals surface area contributed by atoms with Crippen molar-refractivity contribution in [2.45, 2.75) is 39.3 Å². The summed E-state index contributed by atoms with van der Waals surface area (Å²) in [5, 5.41) is 5.35. The number of carbonyl (C=O) groups is 1. The van der Waals surface area contributed by atoms with Crippen LogP contribution in [-0.2, 0) is 16.1 Å². The lowest BCUT2D eigenvalue weighted by molar-refractivity contribution is -0.148. The van der Waals surface area contributed by atoms with Crippen LogP contribution in [0.1, 0.15) is 32.1 Å². The number of hydrogen-bond donors (Lipinski definition) is 1. The maximum atomic E-state index is 11.8. The second-order valence-corrected chi connectivity index (χ2v) is 5.89. The Morgan fingerprint density at radius 1 is 1.59 bits per heavy atom. The summed E-state index contributed by atoms with van der Waals surface area (Å²) in [6.07, 6.45) is 0.769. The predicted molar refractivity (Wildman–Crippen MR) is 71.0 cm³/mol. The Morgan fingerprint density at radius 2 is 2.29 bits per heavy atom. The van der Waals surface area contributed by atoms with Crippen molar-refractivity contribution in [1.29, 1.82) is 0 Å². The summed E-state index contributed by atoms with van der Waals surface area (Å²) in [5.74, 6) is 0.248.